The zero-order valence-corrected chi connectivity index (χ0v) is 10.3. The van der Waals surface area contributed by atoms with Gasteiger partial charge in [-0.15, -0.1) is 0 Å². The van der Waals surface area contributed by atoms with Gasteiger partial charge in [-0.25, -0.2) is 0 Å². The maximum Gasteiger partial charge on any atom is 0.136 e. The Balaban J connectivity index is 1.51. The number of hydrogen-bond donors (Lipinski definition) is 0. The molecule has 0 aliphatic heterocycles. The molecule has 0 N–H and O–H groups in total. The molecule has 2 atom stereocenters. The number of hydrogen-bond acceptors (Lipinski definition) is 1. The van der Waals surface area contributed by atoms with E-state index in [1.54, 1.807) is 0 Å². The highest BCUT2D eigenvalue weighted by molar-refractivity contribution is 5.85. The normalized spacial score (nSPS) is 31.1. The van der Waals surface area contributed by atoms with Crippen molar-refractivity contribution >= 4 is 5.78 Å². The molecule has 0 amide bonds. The maximum atomic E-state index is 11.7. The number of benzene rings is 1. The van der Waals surface area contributed by atoms with Crippen molar-refractivity contribution in [2.75, 3.05) is 0 Å². The molecule has 17 heavy (non-hydrogen) atoms. The van der Waals surface area contributed by atoms with Crippen molar-refractivity contribution < 1.29 is 4.79 Å². The zero-order valence-electron chi connectivity index (χ0n) is 10.3. The second kappa shape index (κ2) is 4.29. The lowest BCUT2D eigenvalue weighted by molar-refractivity contribution is -0.122. The summed E-state index contributed by atoms with van der Waals surface area (Å²) in [6, 6.07) is 10.7. The first-order valence-corrected chi connectivity index (χ1v) is 6.87. The van der Waals surface area contributed by atoms with Crippen LogP contribution in [0.4, 0.5) is 0 Å². The van der Waals surface area contributed by atoms with Gasteiger partial charge in [-0.3, -0.25) is 4.79 Å². The van der Waals surface area contributed by atoms with E-state index in [0.29, 0.717) is 17.1 Å². The molecule has 2 aliphatic carbocycles. The second-order valence-electron chi connectivity index (χ2n) is 5.78. The average molecular weight is 228 g/mol. The van der Waals surface area contributed by atoms with Crippen LogP contribution in [-0.2, 0) is 11.2 Å². The Morgan fingerprint density at radius 3 is 2.88 bits per heavy atom. The Hall–Kier alpha value is -1.11. The van der Waals surface area contributed by atoms with E-state index in [1.165, 1.54) is 37.7 Å². The molecular formula is C16H20O. The standard InChI is InChI=1S/C16H20O/c17-15-9-5-11-16(12-14(15)16)10-4-8-13-6-2-1-3-7-13/h1-3,6-7,14H,4-5,8-12H2. The van der Waals surface area contributed by atoms with E-state index in [1.807, 2.05) is 0 Å². The first kappa shape index (κ1) is 11.0. The van der Waals surface area contributed by atoms with E-state index in [-0.39, 0.29) is 0 Å². The third-order valence-corrected chi connectivity index (χ3v) is 4.66. The summed E-state index contributed by atoms with van der Waals surface area (Å²) >= 11 is 0. The molecule has 2 aliphatic rings. The zero-order chi connectivity index (χ0) is 11.7. The first-order chi connectivity index (χ1) is 8.30. The van der Waals surface area contributed by atoms with Crippen LogP contribution in [0.3, 0.4) is 0 Å². The molecule has 1 aromatic carbocycles. The van der Waals surface area contributed by atoms with E-state index in [4.69, 9.17) is 0 Å². The fraction of sp³-hybridized carbons (Fsp3) is 0.562. The number of carbonyl (C=O) groups is 1. The first-order valence-electron chi connectivity index (χ1n) is 6.87. The predicted molar refractivity (Wildman–Crippen MR) is 68.8 cm³/mol. The van der Waals surface area contributed by atoms with Crippen molar-refractivity contribution in [3.8, 4) is 0 Å². The van der Waals surface area contributed by atoms with Crippen molar-refractivity contribution in [1.29, 1.82) is 0 Å². The number of carbonyl (C=O) groups excluding carboxylic acids is 1. The predicted octanol–water partition coefficient (Wildman–Crippen LogP) is 3.77. The van der Waals surface area contributed by atoms with Gasteiger partial charge in [-0.1, -0.05) is 30.3 Å². The van der Waals surface area contributed by atoms with Crippen LogP contribution in [0, 0.1) is 11.3 Å². The van der Waals surface area contributed by atoms with Crippen LogP contribution in [0.1, 0.15) is 44.1 Å². The minimum absolute atomic E-state index is 0.449. The quantitative estimate of drug-likeness (QED) is 0.766. The SMILES string of the molecule is O=C1CCCC2(CCCc3ccccc3)CC12. The van der Waals surface area contributed by atoms with Gasteiger partial charge in [0.05, 0.1) is 0 Å². The minimum Gasteiger partial charge on any atom is -0.299 e. The van der Waals surface area contributed by atoms with Gasteiger partial charge in [0.15, 0.2) is 0 Å². The number of Topliss-reactive ketones (excluding diaryl/α,β-unsaturated/α-hetero) is 1. The fourth-order valence-electron chi connectivity index (χ4n) is 3.56. The number of fused-ring (bicyclic) bond motifs is 1. The van der Waals surface area contributed by atoms with E-state index in [0.717, 1.165) is 12.8 Å². The number of ketones is 1. The smallest absolute Gasteiger partial charge is 0.136 e. The molecular weight excluding hydrogens is 208 g/mol. The van der Waals surface area contributed by atoms with E-state index in [9.17, 15) is 4.79 Å². The van der Waals surface area contributed by atoms with Gasteiger partial charge in [0.25, 0.3) is 0 Å². The van der Waals surface area contributed by atoms with Gasteiger partial charge in [0, 0.05) is 12.3 Å². The van der Waals surface area contributed by atoms with E-state index < -0.39 is 0 Å². The minimum atomic E-state index is 0.449. The van der Waals surface area contributed by atoms with E-state index in [2.05, 4.69) is 30.3 Å². The molecule has 2 fully saturated rings. The third kappa shape index (κ3) is 2.15. The lowest BCUT2D eigenvalue weighted by Gasteiger charge is -2.20. The summed E-state index contributed by atoms with van der Waals surface area (Å²) < 4.78 is 0. The molecule has 0 heterocycles. The summed E-state index contributed by atoms with van der Waals surface area (Å²) in [5.74, 6) is 1.00. The van der Waals surface area contributed by atoms with Crippen molar-refractivity contribution in [3.63, 3.8) is 0 Å². The molecule has 1 nitrogen and oxygen atoms in total. The molecule has 0 saturated heterocycles. The molecule has 0 aromatic heterocycles. The van der Waals surface area contributed by atoms with Gasteiger partial charge in [-0.05, 0) is 49.5 Å². The van der Waals surface area contributed by atoms with Crippen LogP contribution in [0.5, 0.6) is 0 Å². The maximum absolute atomic E-state index is 11.7. The molecule has 1 aromatic rings. The van der Waals surface area contributed by atoms with Crippen LogP contribution in [0.15, 0.2) is 30.3 Å². The molecule has 1 heteroatoms. The van der Waals surface area contributed by atoms with Crippen molar-refractivity contribution in [2.24, 2.45) is 11.3 Å². The van der Waals surface area contributed by atoms with Crippen LogP contribution < -0.4 is 0 Å². The molecule has 2 unspecified atom stereocenters. The summed E-state index contributed by atoms with van der Waals surface area (Å²) in [4.78, 5) is 11.7. The summed E-state index contributed by atoms with van der Waals surface area (Å²) in [5, 5.41) is 0. The van der Waals surface area contributed by atoms with Gasteiger partial charge in [-0.2, -0.15) is 0 Å². The van der Waals surface area contributed by atoms with Crippen molar-refractivity contribution in [1.82, 2.24) is 0 Å². The lowest BCUT2D eigenvalue weighted by atomic mass is 9.83. The Morgan fingerprint density at radius 2 is 2.06 bits per heavy atom. The average Bonchev–Trinajstić information content (AvgIpc) is 3.07. The van der Waals surface area contributed by atoms with Gasteiger partial charge >= 0.3 is 0 Å². The molecule has 2 saturated carbocycles. The topological polar surface area (TPSA) is 17.1 Å². The summed E-state index contributed by atoms with van der Waals surface area (Å²) in [5.41, 5.74) is 1.88. The molecule has 0 radical (unpaired) electrons. The second-order valence-corrected chi connectivity index (χ2v) is 5.78. The van der Waals surface area contributed by atoms with Crippen LogP contribution in [-0.4, -0.2) is 5.78 Å². The molecule has 90 valence electrons. The Bertz CT molecular complexity index is 409. The van der Waals surface area contributed by atoms with E-state index >= 15 is 0 Å². The Morgan fingerprint density at radius 1 is 1.24 bits per heavy atom. The van der Waals surface area contributed by atoms with Crippen LogP contribution in [0.25, 0.3) is 0 Å². The number of aryl methyl sites for hydroxylation is 1. The number of rotatable bonds is 4. The van der Waals surface area contributed by atoms with Crippen LogP contribution in [0.2, 0.25) is 0 Å². The highest BCUT2D eigenvalue weighted by Crippen LogP contribution is 2.62. The molecule has 0 spiro atoms. The summed E-state index contributed by atoms with van der Waals surface area (Å²) in [6.45, 7) is 0. The highest BCUT2D eigenvalue weighted by Gasteiger charge is 2.57. The fourth-order valence-corrected chi connectivity index (χ4v) is 3.56. The Labute approximate surface area is 103 Å². The molecule has 0 bridgehead atoms. The third-order valence-electron chi connectivity index (χ3n) is 4.66. The van der Waals surface area contributed by atoms with Gasteiger partial charge in [0.1, 0.15) is 5.78 Å². The highest BCUT2D eigenvalue weighted by atomic mass is 16.1. The summed E-state index contributed by atoms with van der Waals surface area (Å²) in [7, 11) is 0. The van der Waals surface area contributed by atoms with Crippen molar-refractivity contribution in [3.05, 3.63) is 35.9 Å². The summed E-state index contributed by atoms with van der Waals surface area (Å²) in [6.07, 6.45) is 8.17. The largest absolute Gasteiger partial charge is 0.299 e. The molecule has 3 rings (SSSR count). The van der Waals surface area contributed by atoms with Crippen molar-refractivity contribution in [2.45, 2.75) is 44.9 Å². The van der Waals surface area contributed by atoms with Gasteiger partial charge < -0.3 is 0 Å². The van der Waals surface area contributed by atoms with Crippen LogP contribution >= 0.6 is 0 Å². The monoisotopic (exact) mass is 228 g/mol. The Kier molecular flexibility index (Phi) is 2.78. The lowest BCUT2D eigenvalue weighted by Crippen LogP contribution is -2.17. The van der Waals surface area contributed by atoms with Gasteiger partial charge in [0.2, 0.25) is 0 Å².